The van der Waals surface area contributed by atoms with E-state index in [2.05, 4.69) is 4.98 Å². The average Bonchev–Trinajstić information content (AvgIpc) is 3.28. The highest BCUT2D eigenvalue weighted by atomic mass is 32.1. The molecule has 2 saturated heterocycles. The molecule has 2 fully saturated rings. The summed E-state index contributed by atoms with van der Waals surface area (Å²) in [5, 5.41) is 0. The average molecular weight is 409 g/mol. The fourth-order valence-electron chi connectivity index (χ4n) is 4.36. The first-order chi connectivity index (χ1) is 13.5. The maximum absolute atomic E-state index is 14.1. The molecule has 4 rings (SSSR count). The van der Waals surface area contributed by atoms with Crippen LogP contribution in [-0.4, -0.2) is 61.7 Å². The van der Waals surface area contributed by atoms with Crippen LogP contribution in [0, 0.1) is 17.2 Å². The highest BCUT2D eigenvalue weighted by molar-refractivity contribution is 7.17. The first-order valence-corrected chi connectivity index (χ1v) is 10.0. The van der Waals surface area contributed by atoms with Crippen LogP contribution in [0.4, 0.5) is 14.5 Å². The van der Waals surface area contributed by atoms with Gasteiger partial charge in [0, 0.05) is 44.1 Å². The number of rotatable bonds is 5. The molecule has 28 heavy (non-hydrogen) atoms. The summed E-state index contributed by atoms with van der Waals surface area (Å²) in [6.07, 6.45) is 0.381. The zero-order chi connectivity index (χ0) is 19.9. The number of ether oxygens (including phenoxy) is 1. The normalized spacial score (nSPS) is 20.6. The Morgan fingerprint density at radius 2 is 2.14 bits per heavy atom. The zero-order valence-corrected chi connectivity index (χ0v) is 16.3. The number of fused-ring (bicyclic) bond motifs is 1. The number of benzene rings is 1. The first kappa shape index (κ1) is 19.0. The van der Waals surface area contributed by atoms with Crippen LogP contribution in [-0.2, 0) is 14.3 Å². The standard InChI is InChI=1S/C19H21F2N3O3S/c1-27-18(26)13-7-23(15-6-12(21)5-14-17(15)28-11-22-14)8-19(13)9-24(10-19)16(25)3-2-4-20/h5-6,11,13H,2-4,7-10H2,1H3/t13-/m0/s1. The largest absolute Gasteiger partial charge is 0.469 e. The number of anilines is 1. The minimum atomic E-state index is -0.520. The second-order valence-corrected chi connectivity index (χ2v) is 8.34. The molecule has 1 aromatic heterocycles. The van der Waals surface area contributed by atoms with Gasteiger partial charge in [-0.2, -0.15) is 0 Å². The van der Waals surface area contributed by atoms with Crippen molar-refractivity contribution >= 4 is 39.1 Å². The number of alkyl halides is 1. The number of esters is 1. The lowest BCUT2D eigenvalue weighted by molar-refractivity contribution is -0.159. The maximum atomic E-state index is 14.1. The summed E-state index contributed by atoms with van der Waals surface area (Å²) in [6.45, 7) is 1.25. The van der Waals surface area contributed by atoms with E-state index in [0.717, 1.165) is 4.70 Å². The third-order valence-corrected chi connectivity index (χ3v) is 6.60. The molecule has 3 heterocycles. The Kier molecular flexibility index (Phi) is 4.95. The van der Waals surface area contributed by atoms with Crippen LogP contribution < -0.4 is 4.90 Å². The van der Waals surface area contributed by atoms with E-state index in [1.165, 1.54) is 30.6 Å². The van der Waals surface area contributed by atoms with Crippen LogP contribution in [0.3, 0.4) is 0 Å². The quantitative estimate of drug-likeness (QED) is 0.711. The molecule has 0 unspecified atom stereocenters. The molecule has 6 nitrogen and oxygen atoms in total. The molecular formula is C19H21F2N3O3S. The van der Waals surface area contributed by atoms with Gasteiger partial charge in [-0.3, -0.25) is 14.0 Å². The van der Waals surface area contributed by atoms with Crippen LogP contribution in [0.1, 0.15) is 12.8 Å². The Hall–Kier alpha value is -2.29. The highest BCUT2D eigenvalue weighted by Crippen LogP contribution is 2.47. The van der Waals surface area contributed by atoms with Gasteiger partial charge in [0.25, 0.3) is 0 Å². The summed E-state index contributed by atoms with van der Waals surface area (Å²) >= 11 is 1.43. The van der Waals surface area contributed by atoms with Gasteiger partial charge in [-0.15, -0.1) is 11.3 Å². The van der Waals surface area contributed by atoms with Crippen molar-refractivity contribution in [1.29, 1.82) is 0 Å². The smallest absolute Gasteiger partial charge is 0.311 e. The summed E-state index contributed by atoms with van der Waals surface area (Å²) in [6, 6.07) is 2.87. The Balaban J connectivity index is 1.59. The van der Waals surface area contributed by atoms with Gasteiger partial charge in [-0.05, 0) is 12.5 Å². The zero-order valence-electron chi connectivity index (χ0n) is 15.5. The molecule has 0 bridgehead atoms. The second kappa shape index (κ2) is 7.27. The van der Waals surface area contributed by atoms with Crippen molar-refractivity contribution in [2.24, 2.45) is 11.3 Å². The van der Waals surface area contributed by atoms with Gasteiger partial charge in [0.15, 0.2) is 0 Å². The van der Waals surface area contributed by atoms with E-state index in [1.807, 2.05) is 4.90 Å². The summed E-state index contributed by atoms with van der Waals surface area (Å²) in [5.74, 6) is -1.20. The molecule has 150 valence electrons. The number of aromatic nitrogens is 1. The van der Waals surface area contributed by atoms with Crippen LogP contribution in [0.2, 0.25) is 0 Å². The Morgan fingerprint density at radius 1 is 1.36 bits per heavy atom. The van der Waals surface area contributed by atoms with Crippen molar-refractivity contribution in [3.8, 4) is 0 Å². The number of likely N-dealkylation sites (tertiary alicyclic amines) is 1. The SMILES string of the molecule is COC(=O)[C@@H]1CN(c2cc(F)cc3ncsc23)CC12CN(C(=O)CCCF)C2. The van der Waals surface area contributed by atoms with Gasteiger partial charge >= 0.3 is 5.97 Å². The highest BCUT2D eigenvalue weighted by Gasteiger charge is 2.58. The van der Waals surface area contributed by atoms with Crippen molar-refractivity contribution < 1.29 is 23.1 Å². The maximum Gasteiger partial charge on any atom is 0.311 e. The van der Waals surface area contributed by atoms with Crippen LogP contribution in [0.5, 0.6) is 0 Å². The van der Waals surface area contributed by atoms with E-state index in [-0.39, 0.29) is 30.5 Å². The van der Waals surface area contributed by atoms with Crippen molar-refractivity contribution in [3.05, 3.63) is 23.5 Å². The lowest BCUT2D eigenvalue weighted by Gasteiger charge is -2.50. The van der Waals surface area contributed by atoms with Gasteiger partial charge in [0.2, 0.25) is 5.91 Å². The molecule has 0 N–H and O–H groups in total. The fraction of sp³-hybridized carbons (Fsp3) is 0.526. The second-order valence-electron chi connectivity index (χ2n) is 7.49. The van der Waals surface area contributed by atoms with Gasteiger partial charge in [0.05, 0.1) is 41.1 Å². The van der Waals surface area contributed by atoms with Crippen LogP contribution in [0.25, 0.3) is 10.2 Å². The number of nitrogens with zero attached hydrogens (tertiary/aromatic N) is 3. The van der Waals surface area contributed by atoms with Gasteiger partial charge in [-0.25, -0.2) is 9.37 Å². The van der Waals surface area contributed by atoms with Gasteiger partial charge < -0.3 is 14.5 Å². The minimum Gasteiger partial charge on any atom is -0.469 e. The number of hydrogen-bond acceptors (Lipinski definition) is 6. The number of methoxy groups -OCH3 is 1. The van der Waals surface area contributed by atoms with Crippen LogP contribution >= 0.6 is 11.3 Å². The van der Waals surface area contributed by atoms with E-state index >= 15 is 0 Å². The monoisotopic (exact) mass is 409 g/mol. The van der Waals surface area contributed by atoms with E-state index in [4.69, 9.17) is 4.74 Å². The van der Waals surface area contributed by atoms with E-state index in [0.29, 0.717) is 37.4 Å². The Bertz CT molecular complexity index is 913. The third kappa shape index (κ3) is 3.11. The number of carbonyl (C=O) groups is 2. The summed E-state index contributed by atoms with van der Waals surface area (Å²) in [5.41, 5.74) is 2.55. The lowest BCUT2D eigenvalue weighted by Crippen LogP contribution is -2.63. The number of thiazole rings is 1. The van der Waals surface area contributed by atoms with Crippen molar-refractivity contribution in [2.45, 2.75) is 12.8 Å². The Labute approximate surface area is 165 Å². The molecule has 2 aliphatic rings. The molecular weight excluding hydrogens is 388 g/mol. The molecule has 2 aliphatic heterocycles. The molecule has 2 aromatic rings. The van der Waals surface area contributed by atoms with E-state index in [9.17, 15) is 18.4 Å². The molecule has 0 saturated carbocycles. The van der Waals surface area contributed by atoms with E-state index in [1.54, 1.807) is 10.4 Å². The van der Waals surface area contributed by atoms with Gasteiger partial charge in [0.1, 0.15) is 5.82 Å². The van der Waals surface area contributed by atoms with Crippen molar-refractivity contribution in [3.63, 3.8) is 0 Å². The molecule has 1 aromatic carbocycles. The molecule has 1 spiro atoms. The summed E-state index contributed by atoms with van der Waals surface area (Å²) in [7, 11) is 1.35. The fourth-order valence-corrected chi connectivity index (χ4v) is 5.17. The topological polar surface area (TPSA) is 62.7 Å². The summed E-state index contributed by atoms with van der Waals surface area (Å²) in [4.78, 5) is 32.5. The first-order valence-electron chi connectivity index (χ1n) is 9.17. The molecule has 0 radical (unpaired) electrons. The number of carbonyl (C=O) groups excluding carboxylic acids is 2. The van der Waals surface area contributed by atoms with Crippen LogP contribution in [0.15, 0.2) is 17.6 Å². The minimum absolute atomic E-state index is 0.0963. The van der Waals surface area contributed by atoms with Crippen molar-refractivity contribution in [2.75, 3.05) is 44.9 Å². The number of halogens is 2. The predicted octanol–water partition coefficient (Wildman–Crippen LogP) is 2.62. The third-order valence-electron chi connectivity index (χ3n) is 5.74. The van der Waals surface area contributed by atoms with E-state index < -0.39 is 18.0 Å². The predicted molar refractivity (Wildman–Crippen MR) is 102 cm³/mol. The molecule has 9 heteroatoms. The number of hydrogen-bond donors (Lipinski definition) is 0. The van der Waals surface area contributed by atoms with Crippen molar-refractivity contribution in [1.82, 2.24) is 9.88 Å². The molecule has 1 atom stereocenters. The van der Waals surface area contributed by atoms with Gasteiger partial charge in [-0.1, -0.05) is 0 Å². The number of amides is 1. The molecule has 0 aliphatic carbocycles. The lowest BCUT2D eigenvalue weighted by atomic mass is 9.71. The summed E-state index contributed by atoms with van der Waals surface area (Å²) < 4.78 is 32.3. The molecule has 1 amide bonds. The Morgan fingerprint density at radius 3 is 2.86 bits per heavy atom.